The maximum absolute atomic E-state index is 12.2. The summed E-state index contributed by atoms with van der Waals surface area (Å²) in [6, 6.07) is 12.0. The van der Waals surface area contributed by atoms with Gasteiger partial charge in [-0.15, -0.1) is 11.8 Å². The van der Waals surface area contributed by atoms with E-state index in [1.165, 1.54) is 12.8 Å². The Morgan fingerprint density at radius 2 is 2.00 bits per heavy atom. The van der Waals surface area contributed by atoms with Gasteiger partial charge >= 0.3 is 0 Å². The summed E-state index contributed by atoms with van der Waals surface area (Å²) < 4.78 is 6.62. The molecule has 2 heterocycles. The second-order valence-electron chi connectivity index (χ2n) is 5.82. The van der Waals surface area contributed by atoms with Gasteiger partial charge in [0.15, 0.2) is 0 Å². The lowest BCUT2D eigenvalue weighted by molar-refractivity contribution is -0.118. The molecule has 0 spiro atoms. The van der Waals surface area contributed by atoms with E-state index in [0.29, 0.717) is 12.3 Å². The van der Waals surface area contributed by atoms with Gasteiger partial charge in [0, 0.05) is 15.9 Å². The Bertz CT molecular complexity index is 640. The van der Waals surface area contributed by atoms with Gasteiger partial charge < -0.3 is 9.73 Å². The van der Waals surface area contributed by atoms with Crippen molar-refractivity contribution in [1.82, 2.24) is 10.2 Å². The van der Waals surface area contributed by atoms with Crippen molar-refractivity contribution in [2.24, 2.45) is 0 Å². The first-order chi connectivity index (χ1) is 11.7. The molecule has 1 atom stereocenters. The number of rotatable bonds is 7. The van der Waals surface area contributed by atoms with E-state index in [0.717, 1.165) is 28.2 Å². The summed E-state index contributed by atoms with van der Waals surface area (Å²) in [4.78, 5) is 15.7. The van der Waals surface area contributed by atoms with Crippen LogP contribution in [0.2, 0.25) is 0 Å². The van der Waals surface area contributed by atoms with E-state index in [1.807, 2.05) is 36.4 Å². The van der Waals surface area contributed by atoms with Gasteiger partial charge in [0.1, 0.15) is 5.76 Å². The third-order valence-corrected chi connectivity index (χ3v) is 5.67. The third-order valence-electron chi connectivity index (χ3n) is 4.13. The van der Waals surface area contributed by atoms with Crippen LogP contribution in [0.25, 0.3) is 0 Å². The fraction of sp³-hybridized carbons (Fsp3) is 0.389. The molecule has 1 aromatic carbocycles. The molecule has 128 valence electrons. The Balaban J connectivity index is 1.50. The quantitative estimate of drug-likeness (QED) is 0.700. The van der Waals surface area contributed by atoms with E-state index in [1.54, 1.807) is 18.0 Å². The highest BCUT2D eigenvalue weighted by Gasteiger charge is 2.25. The van der Waals surface area contributed by atoms with Gasteiger partial charge in [0.05, 0.1) is 18.1 Å². The van der Waals surface area contributed by atoms with Crippen molar-refractivity contribution in [3.8, 4) is 0 Å². The fourth-order valence-electron chi connectivity index (χ4n) is 2.89. The van der Waals surface area contributed by atoms with E-state index in [4.69, 9.17) is 4.42 Å². The molecule has 1 aromatic heterocycles. The molecule has 0 bridgehead atoms. The minimum absolute atomic E-state index is 0.0543. The van der Waals surface area contributed by atoms with Crippen LogP contribution >= 0.6 is 27.7 Å². The van der Waals surface area contributed by atoms with Crippen molar-refractivity contribution in [3.05, 3.63) is 52.9 Å². The predicted octanol–water partition coefficient (Wildman–Crippen LogP) is 4.09. The molecule has 6 heteroatoms. The molecular weight excluding hydrogens is 388 g/mol. The number of halogens is 1. The summed E-state index contributed by atoms with van der Waals surface area (Å²) >= 11 is 4.96. The van der Waals surface area contributed by atoms with Crippen LogP contribution in [0, 0.1) is 0 Å². The molecule has 1 saturated heterocycles. The first-order valence-electron chi connectivity index (χ1n) is 8.15. The molecule has 1 fully saturated rings. The second kappa shape index (κ2) is 8.74. The number of amides is 1. The standard InChI is InChI=1S/C18H21BrN2O2S/c19-14-5-7-15(8-6-14)24-13-18(22)20-12-16(17-4-3-11-23-17)21-9-1-2-10-21/h3-8,11,16H,1-2,9-10,12-13H2,(H,20,22)/t16-/m0/s1. The molecule has 1 aliphatic heterocycles. The highest BCUT2D eigenvalue weighted by Crippen LogP contribution is 2.25. The SMILES string of the molecule is O=C(CSc1ccc(Br)cc1)NC[C@@H](c1ccco1)N1CCCC1. The van der Waals surface area contributed by atoms with Crippen LogP contribution in [0.5, 0.6) is 0 Å². The second-order valence-corrected chi connectivity index (χ2v) is 7.79. The van der Waals surface area contributed by atoms with Gasteiger partial charge in [-0.1, -0.05) is 15.9 Å². The molecule has 1 N–H and O–H groups in total. The van der Waals surface area contributed by atoms with E-state index >= 15 is 0 Å². The minimum Gasteiger partial charge on any atom is -0.468 e. The number of nitrogens with one attached hydrogen (secondary N) is 1. The molecule has 24 heavy (non-hydrogen) atoms. The lowest BCUT2D eigenvalue weighted by Gasteiger charge is -2.25. The number of furan rings is 1. The highest BCUT2D eigenvalue weighted by atomic mass is 79.9. The van der Waals surface area contributed by atoms with Crippen molar-refractivity contribution in [2.75, 3.05) is 25.4 Å². The van der Waals surface area contributed by atoms with Crippen molar-refractivity contribution >= 4 is 33.6 Å². The van der Waals surface area contributed by atoms with E-state index in [-0.39, 0.29) is 11.9 Å². The Labute approximate surface area is 155 Å². The highest BCUT2D eigenvalue weighted by molar-refractivity contribution is 9.10. The van der Waals surface area contributed by atoms with Crippen LogP contribution in [0.4, 0.5) is 0 Å². The molecule has 4 nitrogen and oxygen atoms in total. The van der Waals surface area contributed by atoms with Crippen molar-refractivity contribution < 1.29 is 9.21 Å². The van der Waals surface area contributed by atoms with Crippen LogP contribution in [0.1, 0.15) is 24.6 Å². The van der Waals surface area contributed by atoms with Gasteiger partial charge in [0.25, 0.3) is 0 Å². The minimum atomic E-state index is 0.0543. The van der Waals surface area contributed by atoms with Crippen molar-refractivity contribution in [1.29, 1.82) is 0 Å². The van der Waals surface area contributed by atoms with Crippen LogP contribution in [-0.4, -0.2) is 36.2 Å². The van der Waals surface area contributed by atoms with Crippen LogP contribution in [0.3, 0.4) is 0 Å². The zero-order chi connectivity index (χ0) is 16.8. The van der Waals surface area contributed by atoms with Gasteiger partial charge in [-0.3, -0.25) is 9.69 Å². The lowest BCUT2D eigenvalue weighted by Crippen LogP contribution is -2.37. The van der Waals surface area contributed by atoms with Crippen molar-refractivity contribution in [2.45, 2.75) is 23.8 Å². The molecule has 0 radical (unpaired) electrons. The number of nitrogens with zero attached hydrogens (tertiary/aromatic N) is 1. The Morgan fingerprint density at radius 1 is 1.25 bits per heavy atom. The fourth-order valence-corrected chi connectivity index (χ4v) is 3.88. The van der Waals surface area contributed by atoms with E-state index < -0.39 is 0 Å². The predicted molar refractivity (Wildman–Crippen MR) is 100 cm³/mol. The molecule has 2 aromatic rings. The first-order valence-corrected chi connectivity index (χ1v) is 9.93. The van der Waals surface area contributed by atoms with Crippen LogP contribution in [0.15, 0.2) is 56.4 Å². The van der Waals surface area contributed by atoms with Crippen LogP contribution in [-0.2, 0) is 4.79 Å². The van der Waals surface area contributed by atoms with Crippen LogP contribution < -0.4 is 5.32 Å². The number of carbonyl (C=O) groups is 1. The largest absolute Gasteiger partial charge is 0.468 e. The molecule has 0 aliphatic carbocycles. The Hall–Kier alpha value is -1.24. The summed E-state index contributed by atoms with van der Waals surface area (Å²) in [7, 11) is 0. The number of hydrogen-bond donors (Lipinski definition) is 1. The zero-order valence-corrected chi connectivity index (χ0v) is 15.8. The molecule has 3 rings (SSSR count). The Kier molecular flexibility index (Phi) is 6.40. The smallest absolute Gasteiger partial charge is 0.230 e. The molecule has 1 amide bonds. The van der Waals surface area contributed by atoms with Gasteiger partial charge in [0.2, 0.25) is 5.91 Å². The van der Waals surface area contributed by atoms with E-state index in [2.05, 4.69) is 26.1 Å². The molecule has 0 unspecified atom stereocenters. The van der Waals surface area contributed by atoms with Gasteiger partial charge in [-0.25, -0.2) is 0 Å². The molecule has 0 saturated carbocycles. The summed E-state index contributed by atoms with van der Waals surface area (Å²) in [5.74, 6) is 1.41. The Morgan fingerprint density at radius 3 is 2.67 bits per heavy atom. The number of thioether (sulfide) groups is 1. The van der Waals surface area contributed by atoms with Crippen molar-refractivity contribution in [3.63, 3.8) is 0 Å². The molecule has 1 aliphatic rings. The average molecular weight is 409 g/mol. The number of hydrogen-bond acceptors (Lipinski definition) is 4. The number of carbonyl (C=O) groups excluding carboxylic acids is 1. The lowest BCUT2D eigenvalue weighted by atomic mass is 10.2. The monoisotopic (exact) mass is 408 g/mol. The third kappa shape index (κ3) is 4.88. The summed E-state index contributed by atoms with van der Waals surface area (Å²) in [5.41, 5.74) is 0. The summed E-state index contributed by atoms with van der Waals surface area (Å²) in [5, 5.41) is 3.06. The van der Waals surface area contributed by atoms with E-state index in [9.17, 15) is 4.79 Å². The maximum Gasteiger partial charge on any atom is 0.230 e. The van der Waals surface area contributed by atoms with Gasteiger partial charge in [-0.2, -0.15) is 0 Å². The first kappa shape index (κ1) is 17.6. The topological polar surface area (TPSA) is 45.5 Å². The zero-order valence-electron chi connectivity index (χ0n) is 13.4. The normalized spacial score (nSPS) is 16.2. The summed E-state index contributed by atoms with van der Waals surface area (Å²) in [6.45, 7) is 2.72. The number of benzene rings is 1. The molecular formula is C18H21BrN2O2S. The van der Waals surface area contributed by atoms with Gasteiger partial charge in [-0.05, 0) is 62.3 Å². The average Bonchev–Trinajstić information content (AvgIpc) is 3.29. The summed E-state index contributed by atoms with van der Waals surface area (Å²) in [6.07, 6.45) is 4.12. The maximum atomic E-state index is 12.2. The number of likely N-dealkylation sites (tertiary alicyclic amines) is 1.